The lowest BCUT2D eigenvalue weighted by molar-refractivity contribution is -0.115. The molecule has 0 saturated carbocycles. The van der Waals surface area contributed by atoms with E-state index in [0.717, 1.165) is 16.5 Å². The zero-order chi connectivity index (χ0) is 14.8. The minimum atomic E-state index is -0.309. The highest BCUT2D eigenvalue weighted by Crippen LogP contribution is 2.32. The van der Waals surface area contributed by atoms with Crippen molar-refractivity contribution in [2.45, 2.75) is 6.42 Å². The number of phenols is 2. The minimum Gasteiger partial charge on any atom is -0.506 e. The number of fused-ring (bicyclic) bond motifs is 1. The quantitative estimate of drug-likeness (QED) is 0.557. The van der Waals surface area contributed by atoms with Gasteiger partial charge in [-0.3, -0.25) is 4.79 Å². The normalized spacial score (nSPS) is 10.7. The van der Waals surface area contributed by atoms with E-state index in [1.165, 1.54) is 18.2 Å². The lowest BCUT2D eigenvalue weighted by Gasteiger charge is -2.08. The molecule has 0 bridgehead atoms. The number of hydrogen-bond acceptors (Lipinski definition) is 3. The number of carbonyl (C=O) groups is 1. The Hall–Kier alpha value is -2.95. The Morgan fingerprint density at radius 3 is 2.52 bits per heavy atom. The molecule has 106 valence electrons. The van der Waals surface area contributed by atoms with Crippen molar-refractivity contribution in [3.63, 3.8) is 0 Å². The maximum absolute atomic E-state index is 12.1. The molecule has 0 aliphatic carbocycles. The molecule has 2 aromatic carbocycles. The molecule has 3 aromatic rings. The van der Waals surface area contributed by atoms with Gasteiger partial charge in [0.2, 0.25) is 5.91 Å². The summed E-state index contributed by atoms with van der Waals surface area (Å²) in [6.45, 7) is 0. The lowest BCUT2D eigenvalue weighted by atomic mass is 10.1. The number of phenolic OH excluding ortho intramolecular Hbond substituents is 2. The Morgan fingerprint density at radius 1 is 1.05 bits per heavy atom. The standard InChI is InChI=1S/C16H14N2O3/c19-13-6-3-7-14(20)16(13)18-15(21)8-10-9-17-12-5-2-1-4-11(10)12/h1-7,9,17,19-20H,8H2,(H,18,21). The van der Waals surface area contributed by atoms with Gasteiger partial charge in [-0.05, 0) is 23.8 Å². The summed E-state index contributed by atoms with van der Waals surface area (Å²) >= 11 is 0. The van der Waals surface area contributed by atoms with E-state index < -0.39 is 0 Å². The summed E-state index contributed by atoms with van der Waals surface area (Å²) in [6, 6.07) is 12.0. The van der Waals surface area contributed by atoms with Crippen LogP contribution in [-0.4, -0.2) is 21.1 Å². The first-order valence-corrected chi connectivity index (χ1v) is 6.51. The number of aromatic nitrogens is 1. The maximum atomic E-state index is 12.1. The number of benzene rings is 2. The second kappa shape index (κ2) is 5.20. The van der Waals surface area contributed by atoms with Crippen molar-refractivity contribution in [3.8, 4) is 11.5 Å². The second-order valence-corrected chi connectivity index (χ2v) is 4.76. The summed E-state index contributed by atoms with van der Waals surface area (Å²) in [5, 5.41) is 22.8. The molecular weight excluding hydrogens is 268 g/mol. The number of carbonyl (C=O) groups excluding carboxylic acids is 1. The number of aromatic amines is 1. The fourth-order valence-corrected chi connectivity index (χ4v) is 2.29. The Morgan fingerprint density at radius 2 is 1.76 bits per heavy atom. The van der Waals surface area contributed by atoms with Gasteiger partial charge in [0.1, 0.15) is 17.2 Å². The van der Waals surface area contributed by atoms with Gasteiger partial charge in [0.05, 0.1) is 6.42 Å². The Balaban J connectivity index is 1.81. The third-order valence-electron chi connectivity index (χ3n) is 3.31. The van der Waals surface area contributed by atoms with Gasteiger partial charge in [-0.2, -0.15) is 0 Å². The summed E-state index contributed by atoms with van der Waals surface area (Å²) in [6.07, 6.45) is 1.94. The first-order valence-electron chi connectivity index (χ1n) is 6.51. The van der Waals surface area contributed by atoms with E-state index >= 15 is 0 Å². The number of H-pyrrole nitrogens is 1. The van der Waals surface area contributed by atoms with E-state index in [9.17, 15) is 15.0 Å². The zero-order valence-electron chi connectivity index (χ0n) is 11.1. The van der Waals surface area contributed by atoms with Crippen LogP contribution in [0.5, 0.6) is 11.5 Å². The molecule has 0 radical (unpaired) electrons. The van der Waals surface area contributed by atoms with Crippen LogP contribution in [0.1, 0.15) is 5.56 Å². The van der Waals surface area contributed by atoms with Gasteiger partial charge in [0.15, 0.2) is 0 Å². The van der Waals surface area contributed by atoms with E-state index in [-0.39, 0.29) is 29.5 Å². The van der Waals surface area contributed by atoms with Crippen molar-refractivity contribution >= 4 is 22.5 Å². The van der Waals surface area contributed by atoms with Crippen LogP contribution in [0.3, 0.4) is 0 Å². The first-order chi connectivity index (χ1) is 10.1. The van der Waals surface area contributed by atoms with Crippen LogP contribution in [0, 0.1) is 0 Å². The molecule has 5 heteroatoms. The van der Waals surface area contributed by atoms with E-state index in [0.29, 0.717) is 0 Å². The number of anilines is 1. The summed E-state index contributed by atoms with van der Waals surface area (Å²) < 4.78 is 0. The van der Waals surface area contributed by atoms with Crippen molar-refractivity contribution in [3.05, 3.63) is 54.2 Å². The van der Waals surface area contributed by atoms with Crippen LogP contribution in [0.15, 0.2) is 48.7 Å². The molecule has 0 atom stereocenters. The molecule has 21 heavy (non-hydrogen) atoms. The monoisotopic (exact) mass is 282 g/mol. The van der Waals surface area contributed by atoms with Crippen molar-refractivity contribution in [2.75, 3.05) is 5.32 Å². The molecule has 1 aromatic heterocycles. The predicted octanol–water partition coefficient (Wildman–Crippen LogP) is 2.76. The molecule has 4 N–H and O–H groups in total. The van der Waals surface area contributed by atoms with Crippen molar-refractivity contribution in [1.82, 2.24) is 4.98 Å². The second-order valence-electron chi connectivity index (χ2n) is 4.76. The molecular formula is C16H14N2O3. The van der Waals surface area contributed by atoms with E-state index in [4.69, 9.17) is 0 Å². The van der Waals surface area contributed by atoms with Crippen LogP contribution < -0.4 is 5.32 Å². The van der Waals surface area contributed by atoms with Crippen LogP contribution in [0.4, 0.5) is 5.69 Å². The SMILES string of the molecule is O=C(Cc1c[nH]c2ccccc12)Nc1c(O)cccc1O. The molecule has 0 unspecified atom stereocenters. The van der Waals surface area contributed by atoms with Crippen LogP contribution in [0.25, 0.3) is 10.9 Å². The molecule has 5 nitrogen and oxygen atoms in total. The topological polar surface area (TPSA) is 85.4 Å². The fourth-order valence-electron chi connectivity index (χ4n) is 2.29. The number of amides is 1. The highest BCUT2D eigenvalue weighted by atomic mass is 16.3. The molecule has 0 saturated heterocycles. The summed E-state index contributed by atoms with van der Waals surface area (Å²) in [5.41, 5.74) is 1.85. The largest absolute Gasteiger partial charge is 0.506 e. The smallest absolute Gasteiger partial charge is 0.229 e. The number of aromatic hydroxyl groups is 2. The van der Waals surface area contributed by atoms with Gasteiger partial charge in [0, 0.05) is 17.1 Å². The molecule has 3 rings (SSSR count). The third kappa shape index (κ3) is 2.53. The van der Waals surface area contributed by atoms with E-state index in [1.807, 2.05) is 24.3 Å². The highest BCUT2D eigenvalue weighted by molar-refractivity contribution is 5.97. The Bertz CT molecular complexity index is 788. The van der Waals surface area contributed by atoms with E-state index in [1.54, 1.807) is 6.20 Å². The van der Waals surface area contributed by atoms with Gasteiger partial charge < -0.3 is 20.5 Å². The van der Waals surface area contributed by atoms with Gasteiger partial charge in [-0.25, -0.2) is 0 Å². The number of para-hydroxylation sites is 2. The molecule has 0 aliphatic heterocycles. The average molecular weight is 282 g/mol. The Kier molecular flexibility index (Phi) is 3.23. The molecule has 0 fully saturated rings. The fraction of sp³-hybridized carbons (Fsp3) is 0.0625. The number of hydrogen-bond donors (Lipinski definition) is 4. The maximum Gasteiger partial charge on any atom is 0.229 e. The van der Waals surface area contributed by atoms with Crippen LogP contribution in [0.2, 0.25) is 0 Å². The van der Waals surface area contributed by atoms with Gasteiger partial charge in [0.25, 0.3) is 0 Å². The summed E-state index contributed by atoms with van der Waals surface area (Å²) in [4.78, 5) is 15.2. The third-order valence-corrected chi connectivity index (χ3v) is 3.31. The molecule has 1 heterocycles. The lowest BCUT2D eigenvalue weighted by Crippen LogP contribution is -2.14. The van der Waals surface area contributed by atoms with Gasteiger partial charge in [-0.1, -0.05) is 24.3 Å². The first kappa shape index (κ1) is 13.1. The van der Waals surface area contributed by atoms with E-state index in [2.05, 4.69) is 10.3 Å². The Labute approximate surface area is 120 Å². The highest BCUT2D eigenvalue weighted by Gasteiger charge is 2.13. The van der Waals surface area contributed by atoms with Crippen LogP contribution in [-0.2, 0) is 11.2 Å². The summed E-state index contributed by atoms with van der Waals surface area (Å²) in [7, 11) is 0. The van der Waals surface area contributed by atoms with Crippen LogP contribution >= 0.6 is 0 Å². The molecule has 0 spiro atoms. The van der Waals surface area contributed by atoms with Crippen molar-refractivity contribution in [1.29, 1.82) is 0 Å². The summed E-state index contributed by atoms with van der Waals surface area (Å²) in [5.74, 6) is -0.638. The number of rotatable bonds is 3. The van der Waals surface area contributed by atoms with Gasteiger partial charge >= 0.3 is 0 Å². The van der Waals surface area contributed by atoms with Gasteiger partial charge in [-0.15, -0.1) is 0 Å². The number of nitrogens with one attached hydrogen (secondary N) is 2. The zero-order valence-corrected chi connectivity index (χ0v) is 11.1. The minimum absolute atomic E-state index is 0.0299. The van der Waals surface area contributed by atoms with Crippen molar-refractivity contribution in [2.24, 2.45) is 0 Å². The molecule has 1 amide bonds. The average Bonchev–Trinajstić information content (AvgIpc) is 2.87. The van der Waals surface area contributed by atoms with Crippen molar-refractivity contribution < 1.29 is 15.0 Å². The molecule has 0 aliphatic rings. The predicted molar refractivity (Wildman–Crippen MR) is 80.4 cm³/mol.